The standard InChI is InChI=1S/C9H16N2O2/c1-6(2)5-10-8(12)9(13)11-7-3-4-7/h6-7H,3-5H2,1-2H3,(H,10,12)(H,11,13). The monoisotopic (exact) mass is 184 g/mol. The summed E-state index contributed by atoms with van der Waals surface area (Å²) in [7, 11) is 0. The van der Waals surface area contributed by atoms with Crippen molar-refractivity contribution >= 4 is 11.8 Å². The molecule has 1 aliphatic carbocycles. The first-order chi connectivity index (χ1) is 6.09. The van der Waals surface area contributed by atoms with Crippen molar-refractivity contribution in [2.24, 2.45) is 5.92 Å². The molecule has 1 aliphatic rings. The SMILES string of the molecule is CC(C)CNC(=O)C(=O)NC1CC1. The van der Waals surface area contributed by atoms with Gasteiger partial charge in [-0.2, -0.15) is 0 Å². The zero-order valence-electron chi connectivity index (χ0n) is 8.09. The lowest BCUT2D eigenvalue weighted by molar-refractivity contribution is -0.139. The van der Waals surface area contributed by atoms with E-state index in [1.54, 1.807) is 0 Å². The Morgan fingerprint density at radius 3 is 2.38 bits per heavy atom. The minimum absolute atomic E-state index is 0.247. The van der Waals surface area contributed by atoms with Gasteiger partial charge in [0.25, 0.3) is 0 Å². The first-order valence-electron chi connectivity index (χ1n) is 4.68. The van der Waals surface area contributed by atoms with Gasteiger partial charge in [0.15, 0.2) is 0 Å². The number of carbonyl (C=O) groups is 2. The molecule has 0 aromatic heterocycles. The lowest BCUT2D eigenvalue weighted by atomic mass is 10.2. The van der Waals surface area contributed by atoms with Gasteiger partial charge in [0.1, 0.15) is 0 Å². The highest BCUT2D eigenvalue weighted by Crippen LogP contribution is 2.18. The molecule has 1 saturated carbocycles. The Bertz CT molecular complexity index is 210. The van der Waals surface area contributed by atoms with Crippen molar-refractivity contribution in [2.45, 2.75) is 32.7 Å². The van der Waals surface area contributed by atoms with E-state index in [-0.39, 0.29) is 6.04 Å². The van der Waals surface area contributed by atoms with Crippen LogP contribution in [-0.4, -0.2) is 24.4 Å². The predicted octanol–water partition coefficient (Wildman–Crippen LogP) is 0.0372. The molecule has 0 aromatic carbocycles. The molecule has 0 bridgehead atoms. The zero-order valence-corrected chi connectivity index (χ0v) is 8.09. The fraction of sp³-hybridized carbons (Fsp3) is 0.778. The average molecular weight is 184 g/mol. The third-order valence-electron chi connectivity index (χ3n) is 1.79. The molecule has 1 rings (SSSR count). The molecular weight excluding hydrogens is 168 g/mol. The van der Waals surface area contributed by atoms with Gasteiger partial charge in [0.05, 0.1) is 0 Å². The molecule has 0 atom stereocenters. The second-order valence-electron chi connectivity index (χ2n) is 3.85. The van der Waals surface area contributed by atoms with Gasteiger partial charge in [-0.05, 0) is 18.8 Å². The highest BCUT2D eigenvalue weighted by molar-refractivity contribution is 6.35. The van der Waals surface area contributed by atoms with E-state index in [0.717, 1.165) is 12.8 Å². The van der Waals surface area contributed by atoms with E-state index in [9.17, 15) is 9.59 Å². The van der Waals surface area contributed by atoms with Crippen LogP contribution in [0.25, 0.3) is 0 Å². The van der Waals surface area contributed by atoms with Crippen LogP contribution in [-0.2, 0) is 9.59 Å². The molecule has 0 saturated heterocycles. The molecule has 1 fully saturated rings. The molecule has 0 aliphatic heterocycles. The second-order valence-corrected chi connectivity index (χ2v) is 3.85. The van der Waals surface area contributed by atoms with Crippen LogP contribution in [0.4, 0.5) is 0 Å². The van der Waals surface area contributed by atoms with E-state index in [1.165, 1.54) is 0 Å². The number of rotatable bonds is 3. The Balaban J connectivity index is 2.17. The topological polar surface area (TPSA) is 58.2 Å². The second kappa shape index (κ2) is 4.25. The lowest BCUT2D eigenvalue weighted by Gasteiger charge is -2.07. The summed E-state index contributed by atoms with van der Waals surface area (Å²) in [5, 5.41) is 5.19. The van der Waals surface area contributed by atoms with Gasteiger partial charge >= 0.3 is 11.8 Å². The van der Waals surface area contributed by atoms with E-state index in [4.69, 9.17) is 0 Å². The van der Waals surface area contributed by atoms with Gasteiger partial charge < -0.3 is 10.6 Å². The number of carbonyl (C=O) groups excluding carboxylic acids is 2. The maximum absolute atomic E-state index is 11.1. The van der Waals surface area contributed by atoms with E-state index in [0.29, 0.717) is 12.5 Å². The van der Waals surface area contributed by atoms with Crippen LogP contribution in [0.3, 0.4) is 0 Å². The van der Waals surface area contributed by atoms with Crippen molar-refractivity contribution in [3.05, 3.63) is 0 Å². The molecule has 4 nitrogen and oxygen atoms in total. The van der Waals surface area contributed by atoms with Gasteiger partial charge in [-0.15, -0.1) is 0 Å². The molecule has 0 radical (unpaired) electrons. The summed E-state index contributed by atoms with van der Waals surface area (Å²) in [6.07, 6.45) is 2.01. The predicted molar refractivity (Wildman–Crippen MR) is 49.0 cm³/mol. The highest BCUT2D eigenvalue weighted by Gasteiger charge is 2.26. The molecule has 0 aromatic rings. The third kappa shape index (κ3) is 3.92. The molecule has 4 heteroatoms. The molecule has 13 heavy (non-hydrogen) atoms. The van der Waals surface area contributed by atoms with Crippen LogP contribution in [0.2, 0.25) is 0 Å². The fourth-order valence-electron chi connectivity index (χ4n) is 0.856. The third-order valence-corrected chi connectivity index (χ3v) is 1.79. The van der Waals surface area contributed by atoms with Crippen LogP contribution < -0.4 is 10.6 Å². The summed E-state index contributed by atoms with van der Waals surface area (Å²) in [4.78, 5) is 22.2. The minimum Gasteiger partial charge on any atom is -0.348 e. The zero-order chi connectivity index (χ0) is 9.84. The van der Waals surface area contributed by atoms with Crippen molar-refractivity contribution < 1.29 is 9.59 Å². The Kier molecular flexibility index (Phi) is 3.28. The van der Waals surface area contributed by atoms with Gasteiger partial charge in [-0.3, -0.25) is 9.59 Å². The summed E-state index contributed by atoms with van der Waals surface area (Å²) in [5.74, 6) is -0.638. The average Bonchev–Trinajstić information content (AvgIpc) is 2.83. The summed E-state index contributed by atoms with van der Waals surface area (Å²) in [6, 6.07) is 0.247. The van der Waals surface area contributed by atoms with Crippen molar-refractivity contribution in [3.63, 3.8) is 0 Å². The largest absolute Gasteiger partial charge is 0.348 e. The molecule has 2 N–H and O–H groups in total. The summed E-state index contributed by atoms with van der Waals surface area (Å²) >= 11 is 0. The van der Waals surface area contributed by atoms with E-state index >= 15 is 0 Å². The van der Waals surface area contributed by atoms with Crippen LogP contribution >= 0.6 is 0 Å². The Morgan fingerprint density at radius 2 is 1.92 bits per heavy atom. The number of nitrogens with one attached hydrogen (secondary N) is 2. The number of hydrogen-bond donors (Lipinski definition) is 2. The first-order valence-corrected chi connectivity index (χ1v) is 4.68. The van der Waals surface area contributed by atoms with Gasteiger partial charge in [-0.1, -0.05) is 13.8 Å². The molecule has 74 valence electrons. The van der Waals surface area contributed by atoms with Gasteiger partial charge in [-0.25, -0.2) is 0 Å². The Labute approximate surface area is 78.1 Å². The van der Waals surface area contributed by atoms with Crippen LogP contribution in [0, 0.1) is 5.92 Å². The van der Waals surface area contributed by atoms with Crippen LogP contribution in [0.1, 0.15) is 26.7 Å². The quantitative estimate of drug-likeness (QED) is 0.608. The minimum atomic E-state index is -0.513. The van der Waals surface area contributed by atoms with Crippen molar-refractivity contribution in [1.82, 2.24) is 10.6 Å². The maximum atomic E-state index is 11.1. The molecule has 0 unspecified atom stereocenters. The van der Waals surface area contributed by atoms with Crippen LogP contribution in [0.5, 0.6) is 0 Å². The first kappa shape index (κ1) is 10.0. The lowest BCUT2D eigenvalue weighted by Crippen LogP contribution is -2.41. The molecule has 2 amide bonds. The van der Waals surface area contributed by atoms with Crippen LogP contribution in [0.15, 0.2) is 0 Å². The van der Waals surface area contributed by atoms with E-state index in [2.05, 4.69) is 10.6 Å². The van der Waals surface area contributed by atoms with Gasteiger partial charge in [0.2, 0.25) is 0 Å². The number of hydrogen-bond acceptors (Lipinski definition) is 2. The summed E-state index contributed by atoms with van der Waals surface area (Å²) in [6.45, 7) is 4.52. The molecular formula is C9H16N2O2. The maximum Gasteiger partial charge on any atom is 0.309 e. The fourth-order valence-corrected chi connectivity index (χ4v) is 0.856. The Morgan fingerprint density at radius 1 is 1.31 bits per heavy atom. The molecule has 0 heterocycles. The Hall–Kier alpha value is -1.06. The van der Waals surface area contributed by atoms with E-state index < -0.39 is 11.8 Å². The van der Waals surface area contributed by atoms with E-state index in [1.807, 2.05) is 13.8 Å². The van der Waals surface area contributed by atoms with Gasteiger partial charge in [0, 0.05) is 12.6 Å². The van der Waals surface area contributed by atoms with Crippen molar-refractivity contribution in [3.8, 4) is 0 Å². The molecule has 0 spiro atoms. The highest BCUT2D eigenvalue weighted by atomic mass is 16.2. The normalized spacial score (nSPS) is 15.6. The number of amides is 2. The van der Waals surface area contributed by atoms with Crippen molar-refractivity contribution in [2.75, 3.05) is 6.54 Å². The summed E-state index contributed by atoms with van der Waals surface area (Å²) < 4.78 is 0. The smallest absolute Gasteiger partial charge is 0.309 e. The summed E-state index contributed by atoms with van der Waals surface area (Å²) in [5.41, 5.74) is 0. The van der Waals surface area contributed by atoms with Crippen molar-refractivity contribution in [1.29, 1.82) is 0 Å².